The number of nitrogens with zero attached hydrogens (tertiary/aromatic N) is 2. The number of rotatable bonds is 7. The third-order valence-corrected chi connectivity index (χ3v) is 7.58. The number of phenolic OH excluding ortho intramolecular Hbond substituents is 1. The maximum Gasteiger partial charge on any atom is 0.295 e. The molecule has 202 valence electrons. The monoisotopic (exact) mass is 554 g/mol. The lowest BCUT2D eigenvalue weighted by atomic mass is 9.92. The number of aryl methyl sites for hydroxylation is 1. The number of azo groups is 1. The van der Waals surface area contributed by atoms with Crippen molar-refractivity contribution in [3.8, 4) is 5.75 Å². The van der Waals surface area contributed by atoms with Crippen LogP contribution in [-0.4, -0.2) is 28.3 Å². The minimum atomic E-state index is -4.64. The van der Waals surface area contributed by atoms with Crippen LogP contribution in [0.2, 0.25) is 0 Å². The average Bonchev–Trinajstić information content (AvgIpc) is 2.96. The molecule has 5 aromatic rings. The van der Waals surface area contributed by atoms with E-state index in [4.69, 9.17) is 0 Å². The highest BCUT2D eigenvalue weighted by Crippen LogP contribution is 2.42. The summed E-state index contributed by atoms with van der Waals surface area (Å²) in [6.07, 6.45) is -2.09. The van der Waals surface area contributed by atoms with Gasteiger partial charge in [0.1, 0.15) is 22.8 Å². The van der Waals surface area contributed by atoms with Crippen molar-refractivity contribution in [1.82, 2.24) is 0 Å². The lowest BCUT2D eigenvalue weighted by Crippen LogP contribution is -2.05. The van der Waals surface area contributed by atoms with Crippen molar-refractivity contribution < 1.29 is 28.3 Å². The van der Waals surface area contributed by atoms with E-state index in [-0.39, 0.29) is 27.9 Å². The first-order chi connectivity index (χ1) is 19.1. The molecule has 0 spiro atoms. The van der Waals surface area contributed by atoms with Crippen LogP contribution in [0.3, 0.4) is 0 Å². The van der Waals surface area contributed by atoms with Gasteiger partial charge in [0.05, 0.1) is 5.69 Å². The standard InChI is InChI=1S/C31H26N2O6S/c1-19-16-22(29(34)20-10-4-2-5-11-20)17-25(30(35)21-12-6-3-7-13-21)28(19)33-32-26-18-27(40(37,38)39)23-14-8-9-15-24(23)31(26)36/h2-18,29-30,34-36H,1H3,(H,37,38,39)/b33-32+. The normalized spacial score (nSPS) is 13.5. The summed E-state index contributed by atoms with van der Waals surface area (Å²) >= 11 is 0. The molecule has 5 rings (SSSR count). The fraction of sp³-hybridized carbons (Fsp3) is 0.0968. The topological polar surface area (TPSA) is 140 Å². The largest absolute Gasteiger partial charge is 0.505 e. The van der Waals surface area contributed by atoms with Gasteiger partial charge in [0.2, 0.25) is 0 Å². The predicted molar refractivity (Wildman–Crippen MR) is 152 cm³/mol. The highest BCUT2D eigenvalue weighted by Gasteiger charge is 2.22. The highest BCUT2D eigenvalue weighted by atomic mass is 32.2. The Morgan fingerprint density at radius 1 is 0.675 bits per heavy atom. The van der Waals surface area contributed by atoms with Crippen LogP contribution in [0.15, 0.2) is 118 Å². The number of aromatic hydroxyl groups is 1. The zero-order chi connectivity index (χ0) is 28.4. The third kappa shape index (κ3) is 5.36. The lowest BCUT2D eigenvalue weighted by molar-refractivity contribution is 0.214. The van der Waals surface area contributed by atoms with E-state index in [1.807, 2.05) is 24.3 Å². The number of benzene rings is 5. The van der Waals surface area contributed by atoms with Crippen LogP contribution in [-0.2, 0) is 10.1 Å². The second kappa shape index (κ2) is 11.0. The van der Waals surface area contributed by atoms with Crippen molar-refractivity contribution >= 4 is 32.3 Å². The third-order valence-electron chi connectivity index (χ3n) is 6.69. The van der Waals surface area contributed by atoms with E-state index < -0.39 is 27.2 Å². The number of hydrogen-bond acceptors (Lipinski definition) is 7. The maximum atomic E-state index is 12.1. The van der Waals surface area contributed by atoms with Crippen LogP contribution in [0.5, 0.6) is 5.75 Å². The zero-order valence-electron chi connectivity index (χ0n) is 21.4. The van der Waals surface area contributed by atoms with Crippen LogP contribution in [0.4, 0.5) is 11.4 Å². The first kappa shape index (κ1) is 27.2. The number of hydrogen-bond donors (Lipinski definition) is 4. The van der Waals surface area contributed by atoms with E-state index in [2.05, 4.69) is 10.2 Å². The lowest BCUT2D eigenvalue weighted by Gasteiger charge is -2.19. The summed E-state index contributed by atoms with van der Waals surface area (Å²) in [4.78, 5) is -0.419. The number of fused-ring (bicyclic) bond motifs is 1. The Labute approximate surface area is 231 Å². The predicted octanol–water partition coefficient (Wildman–Crippen LogP) is 6.68. The molecule has 0 aromatic heterocycles. The van der Waals surface area contributed by atoms with Gasteiger partial charge in [-0.3, -0.25) is 4.55 Å². The Bertz CT molecular complexity index is 1820. The van der Waals surface area contributed by atoms with Gasteiger partial charge in [0.15, 0.2) is 5.75 Å². The zero-order valence-corrected chi connectivity index (χ0v) is 22.2. The minimum Gasteiger partial charge on any atom is -0.505 e. The Morgan fingerprint density at radius 3 is 1.82 bits per heavy atom. The smallest absolute Gasteiger partial charge is 0.295 e. The van der Waals surface area contributed by atoms with Gasteiger partial charge >= 0.3 is 0 Å². The van der Waals surface area contributed by atoms with Crippen molar-refractivity contribution in [2.45, 2.75) is 24.0 Å². The maximum absolute atomic E-state index is 12.1. The molecule has 0 bridgehead atoms. The van der Waals surface area contributed by atoms with Gasteiger partial charge in [-0.1, -0.05) is 91.0 Å². The molecule has 0 aliphatic heterocycles. The van der Waals surface area contributed by atoms with E-state index in [0.29, 0.717) is 27.8 Å². The fourth-order valence-corrected chi connectivity index (χ4v) is 5.40. The number of aliphatic hydroxyl groups is 2. The molecule has 0 heterocycles. The molecule has 2 atom stereocenters. The molecule has 5 aromatic carbocycles. The summed E-state index contributed by atoms with van der Waals surface area (Å²) in [5.74, 6) is -0.314. The molecule has 9 heteroatoms. The highest BCUT2D eigenvalue weighted by molar-refractivity contribution is 7.86. The quantitative estimate of drug-likeness (QED) is 0.131. The Balaban J connectivity index is 1.67. The van der Waals surface area contributed by atoms with Gasteiger partial charge in [0.25, 0.3) is 10.1 Å². The minimum absolute atomic E-state index is 0.136. The first-order valence-electron chi connectivity index (χ1n) is 12.4. The van der Waals surface area contributed by atoms with Gasteiger partial charge < -0.3 is 15.3 Å². The molecular weight excluding hydrogens is 528 g/mol. The van der Waals surface area contributed by atoms with Crippen molar-refractivity contribution in [3.05, 3.63) is 131 Å². The van der Waals surface area contributed by atoms with Crippen LogP contribution >= 0.6 is 0 Å². The molecule has 2 unspecified atom stereocenters. The molecule has 0 saturated carbocycles. The molecule has 0 radical (unpaired) electrons. The van der Waals surface area contributed by atoms with Crippen LogP contribution < -0.4 is 0 Å². The van der Waals surface area contributed by atoms with E-state index in [1.165, 1.54) is 12.1 Å². The van der Waals surface area contributed by atoms with Gasteiger partial charge in [-0.05, 0) is 41.3 Å². The van der Waals surface area contributed by atoms with Gasteiger partial charge in [0, 0.05) is 16.3 Å². The number of aliphatic hydroxyl groups excluding tert-OH is 2. The Kier molecular flexibility index (Phi) is 7.46. The molecule has 8 nitrogen and oxygen atoms in total. The molecule has 0 saturated heterocycles. The van der Waals surface area contributed by atoms with E-state index >= 15 is 0 Å². The number of phenols is 1. The SMILES string of the molecule is Cc1cc(C(O)c2ccccc2)cc(C(O)c2ccccc2)c1/N=N/c1cc(S(=O)(=O)O)c2ccccc2c1O. The Morgan fingerprint density at radius 2 is 1.23 bits per heavy atom. The first-order valence-corrected chi connectivity index (χ1v) is 13.8. The molecule has 0 fully saturated rings. The van der Waals surface area contributed by atoms with Crippen molar-refractivity contribution in [1.29, 1.82) is 0 Å². The van der Waals surface area contributed by atoms with Crippen LogP contribution in [0, 0.1) is 6.92 Å². The van der Waals surface area contributed by atoms with Gasteiger partial charge in [-0.15, -0.1) is 10.2 Å². The van der Waals surface area contributed by atoms with Gasteiger partial charge in [-0.2, -0.15) is 8.42 Å². The molecule has 40 heavy (non-hydrogen) atoms. The summed E-state index contributed by atoms with van der Waals surface area (Å²) in [5.41, 5.74) is 2.84. The van der Waals surface area contributed by atoms with Crippen LogP contribution in [0.1, 0.15) is 40.0 Å². The summed E-state index contributed by atoms with van der Waals surface area (Å²) in [5, 5.41) is 42.1. The summed E-state index contributed by atoms with van der Waals surface area (Å²) < 4.78 is 34.0. The van der Waals surface area contributed by atoms with E-state index in [9.17, 15) is 28.3 Å². The molecule has 4 N–H and O–H groups in total. The summed E-state index contributed by atoms with van der Waals surface area (Å²) in [6, 6.07) is 28.6. The molecule has 0 amide bonds. The van der Waals surface area contributed by atoms with E-state index in [1.54, 1.807) is 67.6 Å². The average molecular weight is 555 g/mol. The van der Waals surface area contributed by atoms with Crippen LogP contribution in [0.25, 0.3) is 10.8 Å². The molecule has 0 aliphatic rings. The van der Waals surface area contributed by atoms with Crippen molar-refractivity contribution in [2.75, 3.05) is 0 Å². The molecule has 0 aliphatic carbocycles. The van der Waals surface area contributed by atoms with Gasteiger partial charge in [-0.25, -0.2) is 0 Å². The summed E-state index contributed by atoms with van der Waals surface area (Å²) in [7, 11) is -4.64. The van der Waals surface area contributed by atoms with E-state index in [0.717, 1.165) is 6.07 Å². The summed E-state index contributed by atoms with van der Waals surface area (Å²) in [6.45, 7) is 1.75. The van der Waals surface area contributed by atoms with Crippen molar-refractivity contribution in [3.63, 3.8) is 0 Å². The second-order valence-electron chi connectivity index (χ2n) is 9.37. The Hall–Kier alpha value is -4.41. The fourth-order valence-electron chi connectivity index (χ4n) is 4.69. The van der Waals surface area contributed by atoms with Crippen molar-refractivity contribution in [2.24, 2.45) is 10.2 Å². The second-order valence-corrected chi connectivity index (χ2v) is 10.8. The molecular formula is C31H26N2O6S.